The number of nitrogens with two attached hydrogens (primary N) is 1. The summed E-state index contributed by atoms with van der Waals surface area (Å²) in [6.45, 7) is 11.4. The molecular formula is C19H31N3O5Si. The van der Waals surface area contributed by atoms with Crippen LogP contribution in [0.1, 0.15) is 39.0 Å². The Kier molecular flexibility index (Phi) is 6.84. The minimum Gasteiger partial charge on any atom is -0.412 e. The fourth-order valence-electron chi connectivity index (χ4n) is 3.01. The molecule has 0 aliphatic carbocycles. The van der Waals surface area contributed by atoms with Crippen LogP contribution in [0.3, 0.4) is 0 Å². The van der Waals surface area contributed by atoms with E-state index in [4.69, 9.17) is 14.9 Å². The number of nitro groups is 1. The summed E-state index contributed by atoms with van der Waals surface area (Å²) in [5.74, 6) is 0. The average molecular weight is 410 g/mol. The van der Waals surface area contributed by atoms with Crippen LogP contribution in [-0.2, 0) is 9.16 Å². The molecule has 1 aliphatic heterocycles. The Morgan fingerprint density at radius 1 is 1.36 bits per heavy atom. The molecule has 28 heavy (non-hydrogen) atoms. The van der Waals surface area contributed by atoms with Crippen molar-refractivity contribution in [1.82, 2.24) is 4.90 Å². The molecule has 1 aromatic rings. The molecule has 1 saturated heterocycles. The molecule has 0 spiro atoms. The zero-order chi connectivity index (χ0) is 21.1. The summed E-state index contributed by atoms with van der Waals surface area (Å²) in [5.41, 5.74) is 6.17. The normalized spacial score (nSPS) is 21.4. The molecule has 156 valence electrons. The van der Waals surface area contributed by atoms with Gasteiger partial charge in [0.15, 0.2) is 8.32 Å². The summed E-state index contributed by atoms with van der Waals surface area (Å²) in [6.07, 6.45) is -1.82. The van der Waals surface area contributed by atoms with Gasteiger partial charge in [0.25, 0.3) is 0 Å². The predicted molar refractivity (Wildman–Crippen MR) is 109 cm³/mol. The van der Waals surface area contributed by atoms with E-state index in [-0.39, 0.29) is 23.7 Å². The molecule has 8 nitrogen and oxygen atoms in total. The van der Waals surface area contributed by atoms with Gasteiger partial charge < -0.3 is 19.8 Å². The first-order valence-corrected chi connectivity index (χ1v) is 12.4. The molecular weight excluding hydrogens is 378 g/mol. The second kappa shape index (κ2) is 8.58. The maximum absolute atomic E-state index is 12.7. The Hall–Kier alpha value is -1.97. The fourth-order valence-corrected chi connectivity index (χ4v) is 4.37. The second-order valence-electron chi connectivity index (χ2n) is 8.71. The predicted octanol–water partition coefficient (Wildman–Crippen LogP) is 3.52. The molecule has 1 amide bonds. The lowest BCUT2D eigenvalue weighted by Gasteiger charge is -2.38. The standard InChI is InChI=1S/C19H31N3O5Si/c1-19(2,3)28(4,5)27-16-11-15(12-20)21(13-16)18(23)26-17(22(24)25)14-9-7-6-8-10-14/h6-10,15-17H,11-13,20H2,1-5H3. The van der Waals surface area contributed by atoms with E-state index < -0.39 is 25.6 Å². The quantitative estimate of drug-likeness (QED) is 0.333. The molecule has 1 aliphatic rings. The van der Waals surface area contributed by atoms with Gasteiger partial charge in [0.05, 0.1) is 16.6 Å². The highest BCUT2D eigenvalue weighted by molar-refractivity contribution is 6.74. The van der Waals surface area contributed by atoms with E-state index in [1.165, 1.54) is 4.90 Å². The zero-order valence-corrected chi connectivity index (χ0v) is 18.3. The fraction of sp³-hybridized carbons (Fsp3) is 0.632. The van der Waals surface area contributed by atoms with Gasteiger partial charge in [-0.3, -0.25) is 10.1 Å². The first-order valence-electron chi connectivity index (χ1n) is 9.50. The summed E-state index contributed by atoms with van der Waals surface area (Å²) in [6, 6.07) is 7.95. The monoisotopic (exact) mass is 409 g/mol. The van der Waals surface area contributed by atoms with Gasteiger partial charge in [0.1, 0.15) is 0 Å². The highest BCUT2D eigenvalue weighted by atomic mass is 28.4. The molecule has 3 unspecified atom stereocenters. The third-order valence-corrected chi connectivity index (χ3v) is 10.2. The minimum atomic E-state index is -2.01. The van der Waals surface area contributed by atoms with Crippen LogP contribution in [0.15, 0.2) is 30.3 Å². The van der Waals surface area contributed by atoms with Crippen molar-refractivity contribution < 1.29 is 18.9 Å². The average Bonchev–Trinajstić information content (AvgIpc) is 3.01. The Bertz CT molecular complexity index is 693. The van der Waals surface area contributed by atoms with Crippen molar-refractivity contribution in [1.29, 1.82) is 0 Å². The van der Waals surface area contributed by atoms with Gasteiger partial charge in [0, 0.05) is 19.1 Å². The van der Waals surface area contributed by atoms with E-state index in [9.17, 15) is 14.9 Å². The largest absolute Gasteiger partial charge is 0.415 e. The van der Waals surface area contributed by atoms with E-state index in [0.717, 1.165) is 0 Å². The number of ether oxygens (including phenoxy) is 1. The lowest BCUT2D eigenvalue weighted by atomic mass is 10.2. The van der Waals surface area contributed by atoms with Crippen LogP contribution in [0.5, 0.6) is 0 Å². The smallest absolute Gasteiger partial charge is 0.412 e. The van der Waals surface area contributed by atoms with Gasteiger partial charge in [0.2, 0.25) is 0 Å². The van der Waals surface area contributed by atoms with E-state index in [0.29, 0.717) is 18.5 Å². The number of carbonyl (C=O) groups excluding carboxylic acids is 1. The lowest BCUT2D eigenvalue weighted by molar-refractivity contribution is -0.575. The Morgan fingerprint density at radius 3 is 2.46 bits per heavy atom. The van der Waals surface area contributed by atoms with Gasteiger partial charge >= 0.3 is 12.3 Å². The lowest BCUT2D eigenvalue weighted by Crippen LogP contribution is -2.45. The Morgan fingerprint density at radius 2 is 1.96 bits per heavy atom. The van der Waals surface area contributed by atoms with Crippen molar-refractivity contribution in [2.24, 2.45) is 5.73 Å². The van der Waals surface area contributed by atoms with Gasteiger partial charge in [-0.05, 0) is 36.7 Å². The maximum Gasteiger partial charge on any atom is 0.415 e. The Labute approximate surface area is 167 Å². The van der Waals surface area contributed by atoms with Gasteiger partial charge in [-0.2, -0.15) is 0 Å². The minimum absolute atomic E-state index is 0.0448. The molecule has 2 N–H and O–H groups in total. The highest BCUT2D eigenvalue weighted by Gasteiger charge is 2.44. The number of benzene rings is 1. The van der Waals surface area contributed by atoms with Crippen LogP contribution >= 0.6 is 0 Å². The molecule has 1 fully saturated rings. The molecule has 9 heteroatoms. The SMILES string of the molecule is CC(C)(C)[Si](C)(C)OC1CC(CN)N(C(=O)OC(c2ccccc2)[N+](=O)[O-])C1. The number of rotatable bonds is 6. The number of hydrogen-bond acceptors (Lipinski definition) is 6. The third kappa shape index (κ3) is 5.09. The van der Waals surface area contributed by atoms with Crippen molar-refractivity contribution in [3.8, 4) is 0 Å². The van der Waals surface area contributed by atoms with E-state index >= 15 is 0 Å². The molecule has 1 aromatic carbocycles. The molecule has 0 bridgehead atoms. The van der Waals surface area contributed by atoms with Crippen molar-refractivity contribution in [3.63, 3.8) is 0 Å². The molecule has 0 radical (unpaired) electrons. The van der Waals surface area contributed by atoms with Crippen molar-refractivity contribution >= 4 is 14.4 Å². The van der Waals surface area contributed by atoms with E-state index in [1.54, 1.807) is 30.3 Å². The van der Waals surface area contributed by atoms with E-state index in [1.807, 2.05) is 0 Å². The first-order chi connectivity index (χ1) is 13.0. The number of hydrogen-bond donors (Lipinski definition) is 1. The number of nitrogens with zero attached hydrogens (tertiary/aromatic N) is 2. The summed E-state index contributed by atoms with van der Waals surface area (Å²) >= 11 is 0. The van der Waals surface area contributed by atoms with Crippen LogP contribution < -0.4 is 5.73 Å². The van der Waals surface area contributed by atoms with Gasteiger partial charge in [-0.25, -0.2) is 4.79 Å². The van der Waals surface area contributed by atoms with Gasteiger partial charge in [-0.1, -0.05) is 39.0 Å². The molecule has 3 atom stereocenters. The number of likely N-dealkylation sites (tertiary alicyclic amines) is 1. The van der Waals surface area contributed by atoms with Crippen molar-refractivity contribution in [2.75, 3.05) is 13.1 Å². The van der Waals surface area contributed by atoms with Crippen LogP contribution in [0.4, 0.5) is 4.79 Å². The van der Waals surface area contributed by atoms with Crippen LogP contribution in [-0.4, -0.2) is 49.5 Å². The highest BCUT2D eigenvalue weighted by Crippen LogP contribution is 2.39. The van der Waals surface area contributed by atoms with E-state index in [2.05, 4.69) is 33.9 Å². The zero-order valence-electron chi connectivity index (χ0n) is 17.3. The molecule has 1 heterocycles. The van der Waals surface area contributed by atoms with Crippen LogP contribution in [0, 0.1) is 10.1 Å². The molecule has 0 aromatic heterocycles. The number of carbonyl (C=O) groups is 1. The van der Waals surface area contributed by atoms with Crippen LogP contribution in [0.25, 0.3) is 0 Å². The maximum atomic E-state index is 12.7. The van der Waals surface area contributed by atoms with Crippen LogP contribution in [0.2, 0.25) is 18.1 Å². The summed E-state index contributed by atoms with van der Waals surface area (Å²) in [5, 5.41) is 11.5. The van der Waals surface area contributed by atoms with Gasteiger partial charge in [-0.15, -0.1) is 0 Å². The molecule has 0 saturated carbocycles. The van der Waals surface area contributed by atoms with Crippen molar-refractivity contribution in [3.05, 3.63) is 46.0 Å². The number of amides is 1. The topological polar surface area (TPSA) is 108 Å². The van der Waals surface area contributed by atoms with Crippen molar-refractivity contribution in [2.45, 2.75) is 63.7 Å². The summed E-state index contributed by atoms with van der Waals surface area (Å²) < 4.78 is 11.7. The molecule has 2 rings (SSSR count). The second-order valence-corrected chi connectivity index (χ2v) is 13.5. The Balaban J connectivity index is 2.10. The first kappa shape index (κ1) is 22.3. The summed E-state index contributed by atoms with van der Waals surface area (Å²) in [4.78, 5) is 25.0. The third-order valence-electron chi connectivity index (χ3n) is 5.64. The summed E-state index contributed by atoms with van der Waals surface area (Å²) in [7, 11) is -2.01.